The van der Waals surface area contributed by atoms with Crippen LogP contribution in [0.2, 0.25) is 0 Å². The van der Waals surface area contributed by atoms with E-state index < -0.39 is 11.8 Å². The number of benzene rings is 1. The Morgan fingerprint density at radius 1 is 1.07 bits per heavy atom. The van der Waals surface area contributed by atoms with Crippen molar-refractivity contribution in [1.82, 2.24) is 15.1 Å². The van der Waals surface area contributed by atoms with Crippen LogP contribution in [0, 0.1) is 6.92 Å². The molecule has 1 fully saturated rings. The number of aryl methyl sites for hydroxylation is 1. The third-order valence-electron chi connectivity index (χ3n) is 5.21. The van der Waals surface area contributed by atoms with Crippen LogP contribution in [0.5, 0.6) is 0 Å². The number of thioether (sulfide) groups is 1. The van der Waals surface area contributed by atoms with Crippen LogP contribution < -0.4 is 10.6 Å². The van der Waals surface area contributed by atoms with E-state index >= 15 is 0 Å². The van der Waals surface area contributed by atoms with Crippen LogP contribution in [0.4, 0.5) is 5.82 Å². The highest BCUT2D eigenvalue weighted by Crippen LogP contribution is 2.36. The molecule has 0 atom stereocenters. The van der Waals surface area contributed by atoms with Gasteiger partial charge >= 0.3 is 11.8 Å². The summed E-state index contributed by atoms with van der Waals surface area (Å²) in [5, 5.41) is 10.4. The maximum atomic E-state index is 12.6. The Morgan fingerprint density at radius 3 is 2.56 bits per heavy atom. The van der Waals surface area contributed by atoms with E-state index in [4.69, 9.17) is 0 Å². The lowest BCUT2D eigenvalue weighted by Crippen LogP contribution is -2.42. The first-order valence-electron chi connectivity index (χ1n) is 9.49. The van der Waals surface area contributed by atoms with E-state index in [1.807, 2.05) is 31.2 Å². The summed E-state index contributed by atoms with van der Waals surface area (Å²) in [6, 6.07) is 8.08. The number of anilines is 1. The van der Waals surface area contributed by atoms with Crippen molar-refractivity contribution in [2.45, 2.75) is 56.6 Å². The largest absolute Gasteiger partial charge is 0.345 e. The number of carbonyl (C=O) groups excluding carboxylic acids is 2. The third-order valence-corrected chi connectivity index (χ3v) is 6.18. The summed E-state index contributed by atoms with van der Waals surface area (Å²) in [6.07, 6.45) is 5.33. The fraction of sp³-hybridized carbons (Fsp3) is 0.450. The fourth-order valence-electron chi connectivity index (χ4n) is 3.68. The lowest BCUT2D eigenvalue weighted by atomic mass is 9.95. The minimum Gasteiger partial charge on any atom is -0.345 e. The molecule has 2 heterocycles. The molecule has 6 nitrogen and oxygen atoms in total. The average Bonchev–Trinajstić information content (AvgIpc) is 3.26. The summed E-state index contributed by atoms with van der Waals surface area (Å²) >= 11 is 1.77. The first-order chi connectivity index (χ1) is 13.1. The van der Waals surface area contributed by atoms with Crippen molar-refractivity contribution >= 4 is 29.4 Å². The molecular formula is C20H24N4O2S. The normalized spacial score (nSPS) is 16.8. The molecule has 1 aliphatic heterocycles. The summed E-state index contributed by atoms with van der Waals surface area (Å²) in [4.78, 5) is 24.9. The number of fused-ring (bicyclic) bond motifs is 1. The van der Waals surface area contributed by atoms with Crippen LogP contribution >= 0.6 is 11.8 Å². The van der Waals surface area contributed by atoms with Gasteiger partial charge in [0.25, 0.3) is 0 Å². The van der Waals surface area contributed by atoms with Crippen LogP contribution in [0.15, 0.2) is 24.3 Å². The maximum absolute atomic E-state index is 12.6. The number of amides is 2. The Morgan fingerprint density at radius 2 is 1.81 bits per heavy atom. The van der Waals surface area contributed by atoms with Crippen molar-refractivity contribution in [3.8, 4) is 5.69 Å². The van der Waals surface area contributed by atoms with E-state index in [0.717, 1.165) is 59.7 Å². The maximum Gasteiger partial charge on any atom is 0.314 e. The van der Waals surface area contributed by atoms with Gasteiger partial charge in [0.05, 0.1) is 11.4 Å². The molecule has 2 amide bonds. The third kappa shape index (κ3) is 3.88. The van der Waals surface area contributed by atoms with Gasteiger partial charge in [0.2, 0.25) is 0 Å². The zero-order valence-corrected chi connectivity index (χ0v) is 16.3. The summed E-state index contributed by atoms with van der Waals surface area (Å²) in [5.41, 5.74) is 4.03. The van der Waals surface area contributed by atoms with E-state index in [9.17, 15) is 9.59 Å². The van der Waals surface area contributed by atoms with Gasteiger partial charge in [-0.1, -0.05) is 37.0 Å². The van der Waals surface area contributed by atoms with Gasteiger partial charge in [-0.3, -0.25) is 9.59 Å². The van der Waals surface area contributed by atoms with Crippen LogP contribution in [-0.2, 0) is 21.1 Å². The monoisotopic (exact) mass is 384 g/mol. The van der Waals surface area contributed by atoms with Crippen LogP contribution in [0.1, 0.15) is 48.9 Å². The van der Waals surface area contributed by atoms with E-state index in [1.165, 1.54) is 6.42 Å². The van der Waals surface area contributed by atoms with Crippen molar-refractivity contribution < 1.29 is 9.59 Å². The standard InChI is InChI=1S/C20H24N4O2S/c1-13-7-9-15(10-8-13)24-18(16-11-27-12-17(16)23-24)22-20(26)19(25)21-14-5-3-2-4-6-14/h7-10,14H,2-6,11-12H2,1H3,(H,21,25)(H,22,26). The molecule has 1 aliphatic carbocycles. The summed E-state index contributed by atoms with van der Waals surface area (Å²) in [7, 11) is 0. The summed E-state index contributed by atoms with van der Waals surface area (Å²) < 4.78 is 1.75. The van der Waals surface area contributed by atoms with Gasteiger partial charge < -0.3 is 10.6 Å². The fourth-order valence-corrected chi connectivity index (χ4v) is 4.71. The molecule has 2 aliphatic rings. The van der Waals surface area contributed by atoms with E-state index in [1.54, 1.807) is 16.4 Å². The topological polar surface area (TPSA) is 76.0 Å². The van der Waals surface area contributed by atoms with E-state index in [2.05, 4.69) is 15.7 Å². The number of nitrogens with zero attached hydrogens (tertiary/aromatic N) is 2. The Kier molecular flexibility index (Phi) is 5.20. The second-order valence-electron chi connectivity index (χ2n) is 7.28. The van der Waals surface area contributed by atoms with Gasteiger partial charge in [-0.15, -0.1) is 0 Å². The highest BCUT2D eigenvalue weighted by atomic mass is 32.2. The Balaban J connectivity index is 1.54. The molecule has 1 saturated carbocycles. The quantitative estimate of drug-likeness (QED) is 0.796. The highest BCUT2D eigenvalue weighted by molar-refractivity contribution is 7.98. The number of nitrogens with one attached hydrogen (secondary N) is 2. The predicted octanol–water partition coefficient (Wildman–Crippen LogP) is 3.31. The number of rotatable bonds is 3. The molecule has 2 aromatic rings. The molecule has 1 aromatic heterocycles. The molecule has 27 heavy (non-hydrogen) atoms. The zero-order chi connectivity index (χ0) is 18.8. The Bertz CT molecular complexity index is 854. The van der Waals surface area contributed by atoms with Gasteiger partial charge in [-0.2, -0.15) is 16.9 Å². The minimum absolute atomic E-state index is 0.111. The number of hydrogen-bond donors (Lipinski definition) is 2. The van der Waals surface area contributed by atoms with Gasteiger partial charge in [-0.25, -0.2) is 4.68 Å². The molecule has 0 unspecified atom stereocenters. The first kappa shape index (κ1) is 18.1. The second-order valence-corrected chi connectivity index (χ2v) is 8.26. The average molecular weight is 385 g/mol. The van der Waals surface area contributed by atoms with Crippen molar-refractivity contribution in [3.63, 3.8) is 0 Å². The smallest absolute Gasteiger partial charge is 0.314 e. The molecule has 1 aromatic carbocycles. The lowest BCUT2D eigenvalue weighted by Gasteiger charge is -2.22. The van der Waals surface area contributed by atoms with Crippen molar-refractivity contribution in [3.05, 3.63) is 41.1 Å². The zero-order valence-electron chi connectivity index (χ0n) is 15.5. The Hall–Kier alpha value is -2.28. The molecule has 0 radical (unpaired) electrons. The SMILES string of the molecule is Cc1ccc(-n2nc3c(c2NC(=O)C(=O)NC2CCCCC2)CSC3)cc1. The molecule has 4 rings (SSSR count). The number of aromatic nitrogens is 2. The van der Waals surface area contributed by atoms with Crippen LogP contribution in [0.25, 0.3) is 5.69 Å². The van der Waals surface area contributed by atoms with Crippen molar-refractivity contribution in [2.24, 2.45) is 0 Å². The second kappa shape index (κ2) is 7.76. The van der Waals surface area contributed by atoms with Gasteiger partial charge in [0, 0.05) is 23.1 Å². The van der Waals surface area contributed by atoms with Gasteiger partial charge in [-0.05, 0) is 31.9 Å². The van der Waals surface area contributed by atoms with Crippen LogP contribution in [0.3, 0.4) is 0 Å². The van der Waals surface area contributed by atoms with Gasteiger partial charge in [0.15, 0.2) is 0 Å². The summed E-state index contributed by atoms with van der Waals surface area (Å²) in [6.45, 7) is 2.03. The van der Waals surface area contributed by atoms with Crippen molar-refractivity contribution in [2.75, 3.05) is 5.32 Å². The molecule has 0 saturated heterocycles. The number of carbonyl (C=O) groups is 2. The summed E-state index contributed by atoms with van der Waals surface area (Å²) in [5.74, 6) is 1.06. The first-order valence-corrected chi connectivity index (χ1v) is 10.6. The molecule has 0 spiro atoms. The predicted molar refractivity (Wildman–Crippen MR) is 107 cm³/mol. The molecular weight excluding hydrogens is 360 g/mol. The lowest BCUT2D eigenvalue weighted by molar-refractivity contribution is -0.136. The van der Waals surface area contributed by atoms with E-state index in [-0.39, 0.29) is 6.04 Å². The minimum atomic E-state index is -0.617. The van der Waals surface area contributed by atoms with Crippen LogP contribution in [-0.4, -0.2) is 27.6 Å². The highest BCUT2D eigenvalue weighted by Gasteiger charge is 2.27. The van der Waals surface area contributed by atoms with Gasteiger partial charge in [0.1, 0.15) is 5.82 Å². The van der Waals surface area contributed by atoms with E-state index in [0.29, 0.717) is 5.82 Å². The molecule has 2 N–H and O–H groups in total. The molecule has 0 bridgehead atoms. The Labute approximate surface area is 163 Å². The molecule has 7 heteroatoms. The van der Waals surface area contributed by atoms with Crippen molar-refractivity contribution in [1.29, 1.82) is 0 Å². The molecule has 142 valence electrons. The number of hydrogen-bond acceptors (Lipinski definition) is 4.